The molecule has 7 rings (SSSR count). The van der Waals surface area contributed by atoms with E-state index in [0.29, 0.717) is 5.69 Å². The molecule has 7 aromatic rings. The monoisotopic (exact) mass is 519 g/mol. The smallest absolute Gasteiger partial charge is 0.258 e. The topological polar surface area (TPSA) is 43.1 Å². The Labute approximate surface area is 205 Å². The van der Waals surface area contributed by atoms with E-state index in [1.807, 2.05) is 0 Å². The highest BCUT2D eigenvalue weighted by molar-refractivity contribution is 7.30. The highest BCUT2D eigenvalue weighted by Crippen LogP contribution is 2.51. The lowest BCUT2D eigenvalue weighted by molar-refractivity contribution is -0.381. The molecule has 0 aliphatic carbocycles. The summed E-state index contributed by atoms with van der Waals surface area (Å²) in [6.07, 6.45) is 0. The Bertz CT molecular complexity index is 1950. The second-order valence-electron chi connectivity index (χ2n) is 9.39. The van der Waals surface area contributed by atoms with Crippen molar-refractivity contribution in [3.05, 3.63) is 57.3 Å². The number of nitrogens with zero attached hydrogens (tertiary/aromatic N) is 1. The van der Waals surface area contributed by atoms with Crippen LogP contribution in [0.5, 0.6) is 0 Å². The number of benzene rings is 3. The van der Waals surface area contributed by atoms with Gasteiger partial charge in [-0.1, -0.05) is 19.6 Å². The van der Waals surface area contributed by atoms with Gasteiger partial charge in [0, 0.05) is 61.0 Å². The van der Waals surface area contributed by atoms with Crippen molar-refractivity contribution >= 4 is 125 Å². The average molecular weight is 520 g/mol. The molecule has 4 aromatic heterocycles. The molecule has 0 atom stereocenters. The van der Waals surface area contributed by atoms with E-state index in [1.165, 1.54) is 41.0 Å². The van der Waals surface area contributed by atoms with E-state index in [-0.39, 0.29) is 4.92 Å². The van der Waals surface area contributed by atoms with Gasteiger partial charge in [-0.15, -0.1) is 45.3 Å². The molecule has 0 amide bonds. The Kier molecular flexibility index (Phi) is 4.02. The third kappa shape index (κ3) is 2.58. The van der Waals surface area contributed by atoms with E-state index in [4.69, 9.17) is 0 Å². The molecule has 0 aliphatic heterocycles. The molecule has 0 saturated heterocycles. The lowest BCUT2D eigenvalue weighted by Crippen LogP contribution is -2.39. The summed E-state index contributed by atoms with van der Waals surface area (Å²) in [5, 5.41) is 25.1. The van der Waals surface area contributed by atoms with Crippen LogP contribution >= 0.6 is 45.3 Å². The highest BCUT2D eigenvalue weighted by atomic mass is 32.1. The third-order valence-corrected chi connectivity index (χ3v) is 12.7. The number of fused-ring (bicyclic) bond motifs is 11. The Hall–Kier alpha value is -2.36. The molecular formula is C25H17NO2S4Si. The van der Waals surface area contributed by atoms with Crippen molar-refractivity contribution in [2.24, 2.45) is 0 Å². The van der Waals surface area contributed by atoms with Gasteiger partial charge in [0.15, 0.2) is 0 Å². The summed E-state index contributed by atoms with van der Waals surface area (Å²) >= 11 is 6.82. The minimum absolute atomic E-state index is 0.111. The van der Waals surface area contributed by atoms with Crippen LogP contribution in [0.3, 0.4) is 0 Å². The lowest BCUT2D eigenvalue weighted by Gasteiger charge is -2.18. The standard InChI is InChI=1S/C25H17NO2S4Si/c1-33(2,3)25-22(26(27)28)23-20(18-12-8-10-29-14(12)4-6-16(18)31-23)21-19-13-9-11-30-15(13)5-7-17(19)32-24(21)25/h4-11H,1-3H3. The van der Waals surface area contributed by atoms with E-state index < -0.39 is 8.07 Å². The molecule has 0 fully saturated rings. The first kappa shape index (κ1) is 20.0. The summed E-state index contributed by atoms with van der Waals surface area (Å²) < 4.78 is 6.80. The molecule has 0 N–H and O–H groups in total. The van der Waals surface area contributed by atoms with Crippen molar-refractivity contribution in [2.75, 3.05) is 0 Å². The Morgan fingerprint density at radius 1 is 0.697 bits per heavy atom. The number of hydrogen-bond donors (Lipinski definition) is 0. The van der Waals surface area contributed by atoms with Gasteiger partial charge in [-0.2, -0.15) is 0 Å². The van der Waals surface area contributed by atoms with Gasteiger partial charge in [0.2, 0.25) is 0 Å². The molecule has 0 unspecified atom stereocenters. The predicted molar refractivity (Wildman–Crippen MR) is 153 cm³/mol. The van der Waals surface area contributed by atoms with E-state index in [0.717, 1.165) is 24.7 Å². The van der Waals surface area contributed by atoms with Gasteiger partial charge < -0.3 is 0 Å². The number of nitro groups is 1. The van der Waals surface area contributed by atoms with Gasteiger partial charge in [0.1, 0.15) is 4.70 Å². The third-order valence-electron chi connectivity index (χ3n) is 6.43. The van der Waals surface area contributed by atoms with Crippen LogP contribution in [0.25, 0.3) is 60.5 Å². The molecule has 162 valence electrons. The van der Waals surface area contributed by atoms with E-state index in [9.17, 15) is 10.1 Å². The summed E-state index contributed by atoms with van der Waals surface area (Å²) in [4.78, 5) is 12.5. The second kappa shape index (κ2) is 6.61. The maximum atomic E-state index is 12.6. The van der Waals surface area contributed by atoms with Crippen molar-refractivity contribution in [2.45, 2.75) is 19.6 Å². The minimum atomic E-state index is -2.05. The van der Waals surface area contributed by atoms with Crippen molar-refractivity contribution in [3.63, 3.8) is 0 Å². The maximum Gasteiger partial charge on any atom is 0.287 e. The molecule has 0 bridgehead atoms. The van der Waals surface area contributed by atoms with Crippen LogP contribution in [0.1, 0.15) is 0 Å². The van der Waals surface area contributed by atoms with E-state index >= 15 is 0 Å². The van der Waals surface area contributed by atoms with E-state index in [1.54, 1.807) is 45.3 Å². The van der Waals surface area contributed by atoms with Crippen LogP contribution in [0, 0.1) is 10.1 Å². The molecule has 0 saturated carbocycles. The van der Waals surface area contributed by atoms with Gasteiger partial charge in [-0.3, -0.25) is 10.1 Å². The molecule has 8 heteroatoms. The van der Waals surface area contributed by atoms with Crippen LogP contribution < -0.4 is 5.19 Å². The first-order valence-electron chi connectivity index (χ1n) is 10.6. The first-order valence-corrected chi connectivity index (χ1v) is 17.5. The summed E-state index contributed by atoms with van der Waals surface area (Å²) in [7, 11) is -2.05. The highest BCUT2D eigenvalue weighted by Gasteiger charge is 2.35. The van der Waals surface area contributed by atoms with Gasteiger partial charge in [0.25, 0.3) is 5.69 Å². The predicted octanol–water partition coefficient (Wildman–Crippen LogP) is 9.31. The Balaban J connectivity index is 1.93. The molecule has 3 nitrogen and oxygen atoms in total. The van der Waals surface area contributed by atoms with Crippen LogP contribution in [0.15, 0.2) is 47.2 Å². The van der Waals surface area contributed by atoms with Crippen LogP contribution in [0.2, 0.25) is 19.6 Å². The molecular weight excluding hydrogens is 503 g/mol. The van der Waals surface area contributed by atoms with Crippen LogP contribution in [-0.2, 0) is 0 Å². The second-order valence-corrected chi connectivity index (χ2v) is 18.4. The molecule has 3 aromatic carbocycles. The number of nitro benzene ring substituents is 1. The van der Waals surface area contributed by atoms with Crippen molar-refractivity contribution < 1.29 is 4.92 Å². The summed E-state index contributed by atoms with van der Waals surface area (Å²) in [6, 6.07) is 13.1. The molecule has 4 heterocycles. The SMILES string of the molecule is C[Si](C)(C)c1c([N+](=O)[O-])c2sc3ccc4sccc4c3c2c2c1sc1ccc3sccc3c12. The number of hydrogen-bond acceptors (Lipinski definition) is 6. The zero-order valence-corrected chi connectivity index (χ0v) is 22.3. The fourth-order valence-electron chi connectivity index (χ4n) is 5.19. The number of rotatable bonds is 2. The zero-order chi connectivity index (χ0) is 22.6. The van der Waals surface area contributed by atoms with Crippen LogP contribution in [0.4, 0.5) is 5.69 Å². The van der Waals surface area contributed by atoms with Gasteiger partial charge in [-0.25, -0.2) is 0 Å². The fraction of sp³-hybridized carbons (Fsp3) is 0.120. The number of thiophene rings is 4. The lowest BCUT2D eigenvalue weighted by atomic mass is 10.0. The molecule has 0 radical (unpaired) electrons. The maximum absolute atomic E-state index is 12.6. The summed E-state index contributed by atoms with van der Waals surface area (Å²) in [5.41, 5.74) is 0.342. The largest absolute Gasteiger partial charge is 0.287 e. The van der Waals surface area contributed by atoms with Gasteiger partial charge in [-0.05, 0) is 47.2 Å². The van der Waals surface area contributed by atoms with Gasteiger partial charge in [0.05, 0.1) is 13.0 Å². The Morgan fingerprint density at radius 2 is 1.18 bits per heavy atom. The first-order chi connectivity index (χ1) is 15.8. The quantitative estimate of drug-likeness (QED) is 0.130. The average Bonchev–Trinajstić information content (AvgIpc) is 3.52. The molecule has 33 heavy (non-hydrogen) atoms. The van der Waals surface area contributed by atoms with Crippen molar-refractivity contribution in [1.82, 2.24) is 0 Å². The Morgan fingerprint density at radius 3 is 1.70 bits per heavy atom. The van der Waals surface area contributed by atoms with Gasteiger partial charge >= 0.3 is 0 Å². The summed E-state index contributed by atoms with van der Waals surface area (Å²) in [5.74, 6) is 0. The normalized spacial score (nSPS) is 12.9. The van der Waals surface area contributed by atoms with Crippen LogP contribution in [-0.4, -0.2) is 13.0 Å². The summed E-state index contributed by atoms with van der Waals surface area (Å²) in [6.45, 7) is 6.70. The van der Waals surface area contributed by atoms with Crippen molar-refractivity contribution in [1.29, 1.82) is 0 Å². The zero-order valence-electron chi connectivity index (χ0n) is 18.0. The minimum Gasteiger partial charge on any atom is -0.258 e. The van der Waals surface area contributed by atoms with Crippen molar-refractivity contribution in [3.8, 4) is 0 Å². The van der Waals surface area contributed by atoms with E-state index in [2.05, 4.69) is 66.8 Å². The molecule has 0 spiro atoms. The molecule has 0 aliphatic rings. The fourth-order valence-corrected chi connectivity index (χ4v) is 12.1.